The van der Waals surface area contributed by atoms with Gasteiger partial charge >= 0.3 is 0 Å². The van der Waals surface area contributed by atoms with Gasteiger partial charge in [0, 0.05) is 20.1 Å². The van der Waals surface area contributed by atoms with E-state index in [2.05, 4.69) is 44.8 Å². The Bertz CT molecular complexity index is 344. The first kappa shape index (κ1) is 13.3. The fourth-order valence-corrected chi connectivity index (χ4v) is 1.61. The third-order valence-electron chi connectivity index (χ3n) is 2.29. The standard InChI is InChI=1S/C11H18BrN3O/c1-14(2)7-8-15(3)9-5-6-10(12)13-11(9)16-4/h5-6H,7-8H2,1-4H3. The number of likely N-dealkylation sites (N-methyl/N-ethyl adjacent to an activating group) is 2. The number of hydrogen-bond donors (Lipinski definition) is 0. The van der Waals surface area contributed by atoms with Crippen molar-refractivity contribution < 1.29 is 4.74 Å². The maximum atomic E-state index is 5.26. The lowest BCUT2D eigenvalue weighted by atomic mass is 10.3. The molecule has 1 aromatic rings. The molecule has 0 atom stereocenters. The van der Waals surface area contributed by atoms with E-state index in [4.69, 9.17) is 4.74 Å². The van der Waals surface area contributed by atoms with Gasteiger partial charge in [-0.3, -0.25) is 0 Å². The van der Waals surface area contributed by atoms with Crippen LogP contribution in [0.5, 0.6) is 5.88 Å². The van der Waals surface area contributed by atoms with E-state index in [0.29, 0.717) is 5.88 Å². The van der Waals surface area contributed by atoms with Crippen molar-refractivity contribution in [3.05, 3.63) is 16.7 Å². The highest BCUT2D eigenvalue weighted by Crippen LogP contribution is 2.26. The molecule has 0 N–H and O–H groups in total. The Morgan fingerprint density at radius 1 is 1.25 bits per heavy atom. The average Bonchev–Trinajstić information content (AvgIpc) is 2.25. The van der Waals surface area contributed by atoms with Gasteiger partial charge in [0.05, 0.1) is 12.8 Å². The van der Waals surface area contributed by atoms with E-state index in [-0.39, 0.29) is 0 Å². The molecule has 5 heteroatoms. The van der Waals surface area contributed by atoms with Crippen LogP contribution in [-0.4, -0.2) is 51.2 Å². The first-order chi connectivity index (χ1) is 7.54. The molecule has 0 aliphatic carbocycles. The summed E-state index contributed by atoms with van der Waals surface area (Å²) in [5.41, 5.74) is 1.01. The summed E-state index contributed by atoms with van der Waals surface area (Å²) in [7, 11) is 7.80. The molecule has 0 fully saturated rings. The SMILES string of the molecule is COc1nc(Br)ccc1N(C)CCN(C)C. The molecule has 1 heterocycles. The van der Waals surface area contributed by atoms with Crippen molar-refractivity contribution in [2.24, 2.45) is 0 Å². The van der Waals surface area contributed by atoms with Crippen LogP contribution in [0.3, 0.4) is 0 Å². The molecule has 0 aromatic carbocycles. The van der Waals surface area contributed by atoms with Crippen molar-refractivity contribution in [1.82, 2.24) is 9.88 Å². The predicted octanol–water partition coefficient (Wildman–Crippen LogP) is 1.85. The minimum Gasteiger partial charge on any atom is -0.479 e. The van der Waals surface area contributed by atoms with Crippen molar-refractivity contribution >= 4 is 21.6 Å². The van der Waals surface area contributed by atoms with Crippen LogP contribution in [0.1, 0.15) is 0 Å². The lowest BCUT2D eigenvalue weighted by Crippen LogP contribution is -2.28. The van der Waals surface area contributed by atoms with Gasteiger partial charge in [0.1, 0.15) is 4.60 Å². The van der Waals surface area contributed by atoms with Crippen LogP contribution in [0.25, 0.3) is 0 Å². The van der Waals surface area contributed by atoms with Crippen molar-refractivity contribution in [1.29, 1.82) is 0 Å². The number of pyridine rings is 1. The van der Waals surface area contributed by atoms with Crippen LogP contribution >= 0.6 is 15.9 Å². The number of nitrogens with zero attached hydrogens (tertiary/aromatic N) is 3. The summed E-state index contributed by atoms with van der Waals surface area (Å²) in [6, 6.07) is 3.93. The summed E-state index contributed by atoms with van der Waals surface area (Å²) in [6.45, 7) is 1.93. The Labute approximate surface area is 105 Å². The molecule has 0 bridgehead atoms. The maximum absolute atomic E-state index is 5.26. The molecular formula is C11H18BrN3O. The Kier molecular flexibility index (Phi) is 5.02. The number of anilines is 1. The summed E-state index contributed by atoms with van der Waals surface area (Å²) in [5.74, 6) is 0.649. The first-order valence-electron chi connectivity index (χ1n) is 5.11. The predicted molar refractivity (Wildman–Crippen MR) is 70.3 cm³/mol. The topological polar surface area (TPSA) is 28.6 Å². The van der Waals surface area contributed by atoms with E-state index in [1.807, 2.05) is 19.2 Å². The largest absolute Gasteiger partial charge is 0.479 e. The van der Waals surface area contributed by atoms with E-state index in [1.54, 1.807) is 7.11 Å². The van der Waals surface area contributed by atoms with Gasteiger partial charge in [0.25, 0.3) is 0 Å². The van der Waals surface area contributed by atoms with Gasteiger partial charge in [0.2, 0.25) is 5.88 Å². The van der Waals surface area contributed by atoms with Gasteiger partial charge < -0.3 is 14.5 Å². The maximum Gasteiger partial charge on any atom is 0.238 e. The van der Waals surface area contributed by atoms with Crippen LogP contribution in [-0.2, 0) is 0 Å². The molecule has 0 unspecified atom stereocenters. The van der Waals surface area contributed by atoms with E-state index < -0.39 is 0 Å². The van der Waals surface area contributed by atoms with Crippen LogP contribution in [0.4, 0.5) is 5.69 Å². The molecule has 0 aliphatic heterocycles. The molecular weight excluding hydrogens is 270 g/mol. The minimum atomic E-state index is 0.649. The minimum absolute atomic E-state index is 0.649. The van der Waals surface area contributed by atoms with Crippen LogP contribution < -0.4 is 9.64 Å². The lowest BCUT2D eigenvalue weighted by Gasteiger charge is -2.22. The van der Waals surface area contributed by atoms with Crippen LogP contribution in [0, 0.1) is 0 Å². The normalized spacial score (nSPS) is 10.6. The van der Waals surface area contributed by atoms with Crippen molar-refractivity contribution in [3.8, 4) is 5.88 Å². The van der Waals surface area contributed by atoms with E-state index in [0.717, 1.165) is 23.4 Å². The van der Waals surface area contributed by atoms with E-state index in [9.17, 15) is 0 Å². The number of ether oxygens (including phenoxy) is 1. The molecule has 0 radical (unpaired) electrons. The van der Waals surface area contributed by atoms with E-state index in [1.165, 1.54) is 0 Å². The molecule has 0 aliphatic rings. The molecule has 0 spiro atoms. The smallest absolute Gasteiger partial charge is 0.238 e. The molecule has 0 saturated carbocycles. The third-order valence-corrected chi connectivity index (χ3v) is 2.74. The molecule has 4 nitrogen and oxygen atoms in total. The van der Waals surface area contributed by atoms with Gasteiger partial charge in [-0.2, -0.15) is 0 Å². The molecule has 1 aromatic heterocycles. The highest BCUT2D eigenvalue weighted by molar-refractivity contribution is 9.10. The van der Waals surface area contributed by atoms with Crippen molar-refractivity contribution in [2.45, 2.75) is 0 Å². The lowest BCUT2D eigenvalue weighted by molar-refractivity contribution is 0.393. The van der Waals surface area contributed by atoms with Gasteiger partial charge in [0.15, 0.2) is 0 Å². The highest BCUT2D eigenvalue weighted by atomic mass is 79.9. The summed E-state index contributed by atoms with van der Waals surface area (Å²) in [5, 5.41) is 0. The zero-order chi connectivity index (χ0) is 12.1. The zero-order valence-electron chi connectivity index (χ0n) is 10.2. The Morgan fingerprint density at radius 2 is 1.94 bits per heavy atom. The van der Waals surface area contributed by atoms with E-state index >= 15 is 0 Å². The molecule has 1 rings (SSSR count). The Morgan fingerprint density at radius 3 is 2.50 bits per heavy atom. The summed E-state index contributed by atoms with van der Waals surface area (Å²) < 4.78 is 6.04. The number of rotatable bonds is 5. The average molecular weight is 288 g/mol. The second kappa shape index (κ2) is 6.06. The second-order valence-electron chi connectivity index (χ2n) is 3.89. The van der Waals surface area contributed by atoms with Gasteiger partial charge in [-0.25, -0.2) is 4.98 Å². The molecule has 0 amide bonds. The fraction of sp³-hybridized carbons (Fsp3) is 0.545. The third kappa shape index (κ3) is 3.64. The van der Waals surface area contributed by atoms with Gasteiger partial charge in [-0.05, 0) is 42.2 Å². The van der Waals surface area contributed by atoms with Crippen molar-refractivity contribution in [3.63, 3.8) is 0 Å². The fourth-order valence-electron chi connectivity index (χ4n) is 1.32. The van der Waals surface area contributed by atoms with Gasteiger partial charge in [-0.15, -0.1) is 0 Å². The van der Waals surface area contributed by atoms with Gasteiger partial charge in [-0.1, -0.05) is 0 Å². The first-order valence-corrected chi connectivity index (χ1v) is 5.90. The number of halogens is 1. The monoisotopic (exact) mass is 287 g/mol. The summed E-state index contributed by atoms with van der Waals surface area (Å²) in [6.07, 6.45) is 0. The molecule has 16 heavy (non-hydrogen) atoms. The quantitative estimate of drug-likeness (QED) is 0.773. The van der Waals surface area contributed by atoms with Crippen LogP contribution in [0.15, 0.2) is 16.7 Å². The molecule has 0 saturated heterocycles. The number of aromatic nitrogens is 1. The Hall–Kier alpha value is -0.810. The summed E-state index contributed by atoms with van der Waals surface area (Å²) >= 11 is 3.33. The number of methoxy groups -OCH3 is 1. The van der Waals surface area contributed by atoms with Crippen molar-refractivity contribution in [2.75, 3.05) is 46.2 Å². The zero-order valence-corrected chi connectivity index (χ0v) is 11.8. The van der Waals surface area contributed by atoms with Crippen LogP contribution in [0.2, 0.25) is 0 Å². The highest BCUT2D eigenvalue weighted by Gasteiger charge is 2.09. The second-order valence-corrected chi connectivity index (χ2v) is 4.70. The summed E-state index contributed by atoms with van der Waals surface area (Å²) in [4.78, 5) is 8.56. The number of hydrogen-bond acceptors (Lipinski definition) is 4. The molecule has 90 valence electrons. The Balaban J connectivity index is 2.77.